The third kappa shape index (κ3) is 2.90. The Hall–Kier alpha value is -2.09. The van der Waals surface area contributed by atoms with Gasteiger partial charge in [0.25, 0.3) is 5.91 Å². The first-order valence-electron chi connectivity index (χ1n) is 7.62. The van der Waals surface area contributed by atoms with Gasteiger partial charge in [-0.05, 0) is 18.9 Å². The van der Waals surface area contributed by atoms with E-state index in [0.29, 0.717) is 23.4 Å². The Morgan fingerprint density at radius 1 is 1.39 bits per heavy atom. The molecule has 1 N–H and O–H groups in total. The third-order valence-corrected chi connectivity index (χ3v) is 4.89. The molecule has 0 bridgehead atoms. The molecular formula is C15H16FN5OS. The second kappa shape index (κ2) is 5.52. The molecule has 3 heterocycles. The van der Waals surface area contributed by atoms with Crippen LogP contribution in [-0.2, 0) is 4.79 Å². The molecule has 2 aromatic rings. The number of hydrogen-bond acceptors (Lipinski definition) is 6. The number of rotatable bonds is 4. The molecule has 4 rings (SSSR count). The fraction of sp³-hybridized carbons (Fsp3) is 0.467. The highest BCUT2D eigenvalue weighted by molar-refractivity contribution is 7.13. The normalized spacial score (nSPS) is 24.0. The minimum Gasteiger partial charge on any atom is -0.353 e. The van der Waals surface area contributed by atoms with Crippen LogP contribution in [0.15, 0.2) is 23.8 Å². The van der Waals surface area contributed by atoms with E-state index < -0.39 is 11.6 Å². The molecule has 0 radical (unpaired) electrons. The van der Waals surface area contributed by atoms with Crippen LogP contribution in [0, 0.1) is 0 Å². The van der Waals surface area contributed by atoms with Crippen molar-refractivity contribution < 1.29 is 9.18 Å². The quantitative estimate of drug-likeness (QED) is 0.930. The third-order valence-electron chi connectivity index (χ3n) is 4.21. The molecule has 1 atom stereocenters. The zero-order valence-electron chi connectivity index (χ0n) is 12.4. The van der Waals surface area contributed by atoms with Crippen molar-refractivity contribution in [2.75, 3.05) is 23.3 Å². The molecule has 2 aromatic heterocycles. The number of carbonyl (C=O) groups excluding carboxylic acids is 1. The summed E-state index contributed by atoms with van der Waals surface area (Å²) in [5, 5.41) is 4.71. The van der Waals surface area contributed by atoms with Gasteiger partial charge in [0.2, 0.25) is 5.67 Å². The predicted octanol–water partition coefficient (Wildman–Crippen LogP) is 2.37. The fourth-order valence-corrected chi connectivity index (χ4v) is 3.25. The highest BCUT2D eigenvalue weighted by Crippen LogP contribution is 2.39. The van der Waals surface area contributed by atoms with Gasteiger partial charge in [0, 0.05) is 36.7 Å². The van der Waals surface area contributed by atoms with Gasteiger partial charge < -0.3 is 4.90 Å². The first kappa shape index (κ1) is 14.5. The summed E-state index contributed by atoms with van der Waals surface area (Å²) >= 11 is 1.27. The van der Waals surface area contributed by atoms with Crippen LogP contribution in [-0.4, -0.2) is 39.6 Å². The zero-order chi connectivity index (χ0) is 15.9. The van der Waals surface area contributed by atoms with E-state index in [1.165, 1.54) is 11.3 Å². The number of anilines is 2. The van der Waals surface area contributed by atoms with E-state index in [-0.39, 0.29) is 13.0 Å². The molecule has 6 nitrogen and oxygen atoms in total. The summed E-state index contributed by atoms with van der Waals surface area (Å²) in [6, 6.07) is 1.77. The largest absolute Gasteiger partial charge is 0.353 e. The Morgan fingerprint density at radius 2 is 2.26 bits per heavy atom. The molecule has 1 aliphatic heterocycles. The van der Waals surface area contributed by atoms with Crippen LogP contribution in [0.4, 0.5) is 15.3 Å². The molecule has 2 fully saturated rings. The van der Waals surface area contributed by atoms with E-state index in [9.17, 15) is 9.18 Å². The number of amides is 1. The highest BCUT2D eigenvalue weighted by Gasteiger charge is 2.46. The molecule has 120 valence electrons. The van der Waals surface area contributed by atoms with Crippen molar-refractivity contribution in [1.29, 1.82) is 0 Å². The summed E-state index contributed by atoms with van der Waals surface area (Å²) in [6.07, 6.45) is 5.67. The lowest BCUT2D eigenvalue weighted by Gasteiger charge is -2.20. The van der Waals surface area contributed by atoms with Gasteiger partial charge in [-0.15, -0.1) is 11.3 Å². The minimum absolute atomic E-state index is 0.00529. The first-order valence-corrected chi connectivity index (χ1v) is 8.50. The Kier molecular flexibility index (Phi) is 3.48. The monoisotopic (exact) mass is 333 g/mol. The van der Waals surface area contributed by atoms with Crippen molar-refractivity contribution in [1.82, 2.24) is 15.0 Å². The van der Waals surface area contributed by atoms with Crippen molar-refractivity contribution in [3.05, 3.63) is 29.7 Å². The smallest absolute Gasteiger partial charge is 0.265 e. The summed E-state index contributed by atoms with van der Waals surface area (Å²) < 4.78 is 15.0. The van der Waals surface area contributed by atoms with E-state index in [1.807, 2.05) is 4.90 Å². The molecular weight excluding hydrogens is 317 g/mol. The van der Waals surface area contributed by atoms with Gasteiger partial charge in [0.1, 0.15) is 11.6 Å². The van der Waals surface area contributed by atoms with Gasteiger partial charge in [-0.1, -0.05) is 0 Å². The molecule has 0 spiro atoms. The molecule has 1 unspecified atom stereocenters. The van der Waals surface area contributed by atoms with Gasteiger partial charge in [0.05, 0.1) is 6.54 Å². The molecule has 1 saturated carbocycles. The van der Waals surface area contributed by atoms with Gasteiger partial charge in [-0.2, -0.15) is 0 Å². The van der Waals surface area contributed by atoms with Crippen LogP contribution in [0.5, 0.6) is 0 Å². The van der Waals surface area contributed by atoms with Crippen molar-refractivity contribution >= 4 is 28.2 Å². The molecule has 1 amide bonds. The molecule has 8 heteroatoms. The Labute approximate surface area is 136 Å². The maximum Gasteiger partial charge on any atom is 0.265 e. The first-order chi connectivity index (χ1) is 11.1. The summed E-state index contributed by atoms with van der Waals surface area (Å²) in [7, 11) is 0. The molecule has 23 heavy (non-hydrogen) atoms. The zero-order valence-corrected chi connectivity index (χ0v) is 13.2. The number of nitrogens with one attached hydrogen (secondary N) is 1. The molecule has 0 aromatic carbocycles. The molecule has 1 aliphatic carbocycles. The SMILES string of the molecule is O=C(Nc1nccs1)C1(F)CCN(c2ccnc(C3CC3)n2)C1. The standard InChI is InChI=1S/C15H16FN5OS/c16-15(13(22)20-14-18-6-8-23-14)4-7-21(9-15)11-3-5-17-12(19-11)10-1-2-10/h3,5-6,8,10H,1-2,4,7,9H2,(H,18,20,22). The van der Waals surface area contributed by atoms with Crippen LogP contribution in [0.1, 0.15) is 31.0 Å². The predicted molar refractivity (Wildman–Crippen MR) is 85.4 cm³/mol. The number of thiazole rings is 1. The average Bonchev–Trinajstić information content (AvgIpc) is 3.14. The minimum atomic E-state index is -1.92. The Balaban J connectivity index is 1.47. The Bertz CT molecular complexity index is 720. The van der Waals surface area contributed by atoms with Gasteiger partial charge in [0.15, 0.2) is 5.13 Å². The lowest BCUT2D eigenvalue weighted by atomic mass is 10.1. The van der Waals surface area contributed by atoms with Crippen LogP contribution >= 0.6 is 11.3 Å². The lowest BCUT2D eigenvalue weighted by Crippen LogP contribution is -2.41. The number of alkyl halides is 1. The van der Waals surface area contributed by atoms with Crippen LogP contribution in [0.2, 0.25) is 0 Å². The summed E-state index contributed by atoms with van der Waals surface area (Å²) in [5.74, 6) is 1.34. The van der Waals surface area contributed by atoms with E-state index >= 15 is 0 Å². The van der Waals surface area contributed by atoms with Crippen LogP contribution in [0.25, 0.3) is 0 Å². The van der Waals surface area contributed by atoms with E-state index in [4.69, 9.17) is 0 Å². The maximum absolute atomic E-state index is 15.0. The van der Waals surface area contributed by atoms with Crippen LogP contribution < -0.4 is 10.2 Å². The second-order valence-electron chi connectivity index (χ2n) is 5.98. The summed E-state index contributed by atoms with van der Waals surface area (Å²) in [6.45, 7) is 0.467. The topological polar surface area (TPSA) is 71.0 Å². The van der Waals surface area contributed by atoms with E-state index in [0.717, 1.165) is 18.7 Å². The number of carbonyl (C=O) groups is 1. The van der Waals surface area contributed by atoms with Gasteiger partial charge in [-0.25, -0.2) is 19.3 Å². The van der Waals surface area contributed by atoms with E-state index in [1.54, 1.807) is 23.8 Å². The number of halogens is 1. The second-order valence-corrected chi connectivity index (χ2v) is 6.87. The van der Waals surface area contributed by atoms with Crippen molar-refractivity contribution in [3.63, 3.8) is 0 Å². The maximum atomic E-state index is 15.0. The van der Waals surface area contributed by atoms with Gasteiger partial charge in [-0.3, -0.25) is 10.1 Å². The molecule has 2 aliphatic rings. The highest BCUT2D eigenvalue weighted by atomic mass is 32.1. The number of nitrogens with zero attached hydrogens (tertiary/aromatic N) is 4. The summed E-state index contributed by atoms with van der Waals surface area (Å²) in [4.78, 5) is 26.8. The van der Waals surface area contributed by atoms with Crippen LogP contribution in [0.3, 0.4) is 0 Å². The fourth-order valence-electron chi connectivity index (χ4n) is 2.73. The summed E-state index contributed by atoms with van der Waals surface area (Å²) in [5.41, 5.74) is -1.92. The van der Waals surface area contributed by atoms with Crippen molar-refractivity contribution in [2.45, 2.75) is 30.8 Å². The lowest BCUT2D eigenvalue weighted by molar-refractivity contribution is -0.126. The van der Waals surface area contributed by atoms with Crippen molar-refractivity contribution in [3.8, 4) is 0 Å². The Morgan fingerprint density at radius 3 is 3.00 bits per heavy atom. The van der Waals surface area contributed by atoms with Crippen molar-refractivity contribution in [2.24, 2.45) is 0 Å². The molecule has 1 saturated heterocycles. The number of aromatic nitrogens is 3. The van der Waals surface area contributed by atoms with Gasteiger partial charge >= 0.3 is 0 Å². The van der Waals surface area contributed by atoms with E-state index in [2.05, 4.69) is 20.3 Å². The number of hydrogen-bond donors (Lipinski definition) is 1. The average molecular weight is 333 g/mol.